The van der Waals surface area contributed by atoms with Crippen LogP contribution in [-0.2, 0) is 9.84 Å². The van der Waals surface area contributed by atoms with E-state index in [1.807, 2.05) is 43.3 Å². The lowest BCUT2D eigenvalue weighted by Gasteiger charge is -2.10. The van der Waals surface area contributed by atoms with Crippen LogP contribution in [0.3, 0.4) is 0 Å². The first-order valence-corrected chi connectivity index (χ1v) is 9.95. The molecule has 0 amide bonds. The Morgan fingerprint density at radius 2 is 1.92 bits per heavy atom. The van der Waals surface area contributed by atoms with Gasteiger partial charge in [-0.25, -0.2) is 18.1 Å². The number of rotatable bonds is 2. The minimum absolute atomic E-state index is 0.135. The first-order valence-electron chi connectivity index (χ1n) is 7.75. The molecule has 3 heterocycles. The van der Waals surface area contributed by atoms with Crippen molar-refractivity contribution in [1.82, 2.24) is 14.8 Å². The van der Waals surface area contributed by atoms with Gasteiger partial charge in [-0.1, -0.05) is 23.7 Å². The Kier molecular flexibility index (Phi) is 3.62. The molecule has 0 aliphatic carbocycles. The topological polar surface area (TPSA) is 64.8 Å². The first-order chi connectivity index (χ1) is 11.4. The number of hydrogen-bond donors (Lipinski definition) is 0. The molecule has 4 rings (SSSR count). The molecule has 0 spiro atoms. The Morgan fingerprint density at radius 1 is 1.17 bits per heavy atom. The highest BCUT2D eigenvalue weighted by Gasteiger charge is 2.31. The van der Waals surface area contributed by atoms with Gasteiger partial charge in [0.2, 0.25) is 0 Å². The molecule has 1 aromatic carbocycles. The predicted octanol–water partition coefficient (Wildman–Crippen LogP) is 3.42. The standard InChI is InChI=1S/C17H16ClN3O2S/c1-11-15-6-7-16(12-2-4-13(18)5-3-12)19-17(15)21(20-11)14-8-9-24(22,23)10-14/h2-7,14H,8-10H2,1H3. The molecule has 0 saturated carbocycles. The van der Waals surface area contributed by atoms with Crippen molar-refractivity contribution >= 4 is 32.5 Å². The second kappa shape index (κ2) is 5.57. The van der Waals surface area contributed by atoms with Gasteiger partial charge < -0.3 is 0 Å². The maximum atomic E-state index is 11.8. The number of hydrogen-bond acceptors (Lipinski definition) is 4. The van der Waals surface area contributed by atoms with E-state index >= 15 is 0 Å². The third-order valence-corrected chi connectivity index (χ3v) is 6.44. The van der Waals surface area contributed by atoms with E-state index in [2.05, 4.69) is 5.10 Å². The molecule has 1 fully saturated rings. The van der Waals surface area contributed by atoms with Crippen molar-refractivity contribution in [2.45, 2.75) is 19.4 Å². The third-order valence-electron chi connectivity index (χ3n) is 4.43. The highest BCUT2D eigenvalue weighted by Crippen LogP contribution is 2.29. The molecule has 1 saturated heterocycles. The van der Waals surface area contributed by atoms with Gasteiger partial charge in [-0.2, -0.15) is 5.10 Å². The van der Waals surface area contributed by atoms with Crippen molar-refractivity contribution in [1.29, 1.82) is 0 Å². The minimum atomic E-state index is -2.97. The smallest absolute Gasteiger partial charge is 0.158 e. The zero-order valence-electron chi connectivity index (χ0n) is 13.1. The molecule has 3 aromatic rings. The zero-order valence-corrected chi connectivity index (χ0v) is 14.7. The van der Waals surface area contributed by atoms with Crippen LogP contribution in [0.15, 0.2) is 36.4 Å². The van der Waals surface area contributed by atoms with Crippen LogP contribution in [0, 0.1) is 6.92 Å². The van der Waals surface area contributed by atoms with Crippen molar-refractivity contribution in [3.05, 3.63) is 47.1 Å². The van der Waals surface area contributed by atoms with E-state index in [4.69, 9.17) is 16.6 Å². The molecule has 5 nitrogen and oxygen atoms in total. The van der Waals surface area contributed by atoms with E-state index in [1.165, 1.54) is 0 Å². The van der Waals surface area contributed by atoms with Gasteiger partial charge in [0, 0.05) is 16.0 Å². The second-order valence-corrected chi connectivity index (χ2v) is 8.83. The zero-order chi connectivity index (χ0) is 16.9. The monoisotopic (exact) mass is 361 g/mol. The number of aryl methyl sites for hydroxylation is 1. The van der Waals surface area contributed by atoms with Gasteiger partial charge in [0.15, 0.2) is 15.5 Å². The Balaban J connectivity index is 1.83. The molecule has 7 heteroatoms. The number of sulfone groups is 1. The average Bonchev–Trinajstić information content (AvgIpc) is 3.08. The summed E-state index contributed by atoms with van der Waals surface area (Å²) in [5.74, 6) is 0.352. The van der Waals surface area contributed by atoms with Crippen LogP contribution < -0.4 is 0 Å². The quantitative estimate of drug-likeness (QED) is 0.701. The molecule has 0 radical (unpaired) electrons. The lowest BCUT2D eigenvalue weighted by atomic mass is 10.1. The maximum Gasteiger partial charge on any atom is 0.158 e. The number of aromatic nitrogens is 3. The summed E-state index contributed by atoms with van der Waals surface area (Å²) in [5.41, 5.74) is 3.39. The number of nitrogens with zero attached hydrogens (tertiary/aromatic N) is 3. The molecule has 2 aromatic heterocycles. The van der Waals surface area contributed by atoms with Gasteiger partial charge >= 0.3 is 0 Å². The van der Waals surface area contributed by atoms with Crippen LogP contribution in [0.5, 0.6) is 0 Å². The van der Waals surface area contributed by atoms with Crippen molar-refractivity contribution in [3.8, 4) is 11.3 Å². The summed E-state index contributed by atoms with van der Waals surface area (Å²) < 4.78 is 25.4. The van der Waals surface area contributed by atoms with Crippen molar-refractivity contribution in [2.75, 3.05) is 11.5 Å². The van der Waals surface area contributed by atoms with Crippen LogP contribution in [-0.4, -0.2) is 34.7 Å². The van der Waals surface area contributed by atoms with E-state index in [0.717, 1.165) is 28.0 Å². The highest BCUT2D eigenvalue weighted by atomic mass is 35.5. The van der Waals surface area contributed by atoms with Crippen molar-refractivity contribution in [3.63, 3.8) is 0 Å². The van der Waals surface area contributed by atoms with E-state index < -0.39 is 9.84 Å². The molecular formula is C17H16ClN3O2S. The molecular weight excluding hydrogens is 346 g/mol. The van der Waals surface area contributed by atoms with Crippen LogP contribution >= 0.6 is 11.6 Å². The van der Waals surface area contributed by atoms with E-state index in [9.17, 15) is 8.42 Å². The summed E-state index contributed by atoms with van der Waals surface area (Å²) in [6, 6.07) is 11.3. The fourth-order valence-corrected chi connectivity index (χ4v) is 4.99. The number of pyridine rings is 1. The van der Waals surface area contributed by atoms with E-state index in [0.29, 0.717) is 11.4 Å². The van der Waals surface area contributed by atoms with Crippen molar-refractivity contribution < 1.29 is 8.42 Å². The molecule has 1 atom stereocenters. The lowest BCUT2D eigenvalue weighted by Crippen LogP contribution is -2.13. The Labute approximate surface area is 145 Å². The molecule has 124 valence electrons. The van der Waals surface area contributed by atoms with Gasteiger partial charge in [-0.05, 0) is 37.6 Å². The van der Waals surface area contributed by atoms with Gasteiger partial charge in [-0.15, -0.1) is 0 Å². The SMILES string of the molecule is Cc1nn(C2CCS(=O)(=O)C2)c2nc(-c3ccc(Cl)cc3)ccc12. The van der Waals surface area contributed by atoms with Crippen molar-refractivity contribution in [2.24, 2.45) is 0 Å². The fourth-order valence-electron chi connectivity index (χ4n) is 3.17. The maximum absolute atomic E-state index is 11.8. The summed E-state index contributed by atoms with van der Waals surface area (Å²) in [6.45, 7) is 1.92. The van der Waals surface area contributed by atoms with Gasteiger partial charge in [0.25, 0.3) is 0 Å². The number of fused-ring (bicyclic) bond motifs is 1. The molecule has 1 aliphatic heterocycles. The predicted molar refractivity (Wildman–Crippen MR) is 95.0 cm³/mol. The van der Waals surface area contributed by atoms with Crippen LogP contribution in [0.4, 0.5) is 0 Å². The highest BCUT2D eigenvalue weighted by molar-refractivity contribution is 7.91. The first kappa shape index (κ1) is 15.6. The second-order valence-electron chi connectivity index (χ2n) is 6.16. The lowest BCUT2D eigenvalue weighted by molar-refractivity contribution is 0.509. The molecule has 0 N–H and O–H groups in total. The molecule has 24 heavy (non-hydrogen) atoms. The normalized spacial score (nSPS) is 19.8. The summed E-state index contributed by atoms with van der Waals surface area (Å²) in [7, 11) is -2.97. The van der Waals surface area contributed by atoms with Gasteiger partial charge in [0.1, 0.15) is 0 Å². The minimum Gasteiger partial charge on any atom is -0.243 e. The average molecular weight is 362 g/mol. The fraction of sp³-hybridized carbons (Fsp3) is 0.294. The summed E-state index contributed by atoms with van der Waals surface area (Å²) >= 11 is 5.94. The van der Waals surface area contributed by atoms with E-state index in [-0.39, 0.29) is 17.5 Å². The number of halogens is 1. The molecule has 1 unspecified atom stereocenters. The van der Waals surface area contributed by atoms with Crippen LogP contribution in [0.25, 0.3) is 22.3 Å². The van der Waals surface area contributed by atoms with Crippen LogP contribution in [0.2, 0.25) is 5.02 Å². The van der Waals surface area contributed by atoms with Crippen LogP contribution in [0.1, 0.15) is 18.2 Å². The Morgan fingerprint density at radius 3 is 2.58 bits per heavy atom. The summed E-state index contributed by atoms with van der Waals surface area (Å²) in [4.78, 5) is 4.75. The Bertz CT molecular complexity index is 1030. The van der Waals surface area contributed by atoms with E-state index in [1.54, 1.807) is 4.68 Å². The molecule has 0 bridgehead atoms. The van der Waals surface area contributed by atoms with Gasteiger partial charge in [0.05, 0.1) is 28.9 Å². The summed E-state index contributed by atoms with van der Waals surface area (Å²) in [5, 5.41) is 6.19. The van der Waals surface area contributed by atoms with Gasteiger partial charge in [-0.3, -0.25) is 0 Å². The Hall–Kier alpha value is -1.92. The molecule has 1 aliphatic rings. The third kappa shape index (κ3) is 2.70. The largest absolute Gasteiger partial charge is 0.243 e. The number of benzene rings is 1. The summed E-state index contributed by atoms with van der Waals surface area (Å²) in [6.07, 6.45) is 0.589.